The monoisotopic (exact) mass is 750 g/mol. The van der Waals surface area contributed by atoms with Crippen LogP contribution in [0.2, 0.25) is 0 Å². The van der Waals surface area contributed by atoms with Crippen LogP contribution in [0.3, 0.4) is 0 Å². The van der Waals surface area contributed by atoms with Crippen LogP contribution >= 0.6 is 95.6 Å². The minimum Gasteiger partial charge on any atom is -0.343 e. The molecule has 0 N–H and O–H groups in total. The second kappa shape index (κ2) is 7.41. The highest BCUT2D eigenvalue weighted by atomic mass is 79.9. The van der Waals surface area contributed by atoms with Gasteiger partial charge in [-0.2, -0.15) is 0 Å². The summed E-state index contributed by atoms with van der Waals surface area (Å²) < 4.78 is 14.5. The maximum atomic E-state index is 6.31. The topological polar surface area (TPSA) is 34.3 Å². The Morgan fingerprint density at radius 1 is 0.667 bits per heavy atom. The quantitative estimate of drug-likeness (QED) is 0.225. The maximum absolute atomic E-state index is 6.31. The van der Waals surface area contributed by atoms with Gasteiger partial charge in [0.15, 0.2) is 0 Å². The van der Waals surface area contributed by atoms with E-state index in [1.54, 1.807) is 0 Å². The van der Waals surface area contributed by atoms with Gasteiger partial charge in [0, 0.05) is 0 Å². The zero-order chi connectivity index (χ0) is 19.5. The van der Waals surface area contributed by atoms with Crippen molar-refractivity contribution < 1.29 is 14.2 Å². The van der Waals surface area contributed by atoms with E-state index in [1.165, 1.54) is 0 Å². The molecule has 144 valence electrons. The van der Waals surface area contributed by atoms with Gasteiger partial charge in [-0.1, -0.05) is 60.7 Å². The number of hydrogen-bond acceptors (Lipinski definition) is 3. The SMILES string of the molecule is BrC(Br)(OC(Br)(Br)C1(Br)OC1c1ccccc1)C1(Br)OC1c1ccccc1. The van der Waals surface area contributed by atoms with Crippen LogP contribution < -0.4 is 0 Å². The third-order valence-corrected chi connectivity index (χ3v) is 11.8. The van der Waals surface area contributed by atoms with Gasteiger partial charge in [-0.25, -0.2) is 0 Å². The van der Waals surface area contributed by atoms with E-state index >= 15 is 0 Å². The highest BCUT2D eigenvalue weighted by Gasteiger charge is 2.74. The Morgan fingerprint density at radius 2 is 1.00 bits per heavy atom. The van der Waals surface area contributed by atoms with Gasteiger partial charge in [-0.3, -0.25) is 0 Å². The predicted octanol–water partition coefficient (Wildman–Crippen LogP) is 7.62. The summed E-state index contributed by atoms with van der Waals surface area (Å²) in [5, 5.41) is 0. The highest BCUT2D eigenvalue weighted by Crippen LogP contribution is 2.71. The van der Waals surface area contributed by atoms with Crippen LogP contribution in [0.5, 0.6) is 0 Å². The molecule has 0 bridgehead atoms. The lowest BCUT2D eigenvalue weighted by atomic mass is 10.1. The summed E-state index contributed by atoms with van der Waals surface area (Å²) in [6.07, 6.45) is -0.353. The zero-order valence-corrected chi connectivity index (χ0v) is 22.9. The normalized spacial score (nSPS) is 33.0. The molecule has 3 nitrogen and oxygen atoms in total. The van der Waals surface area contributed by atoms with Gasteiger partial charge in [0.2, 0.25) is 15.9 Å². The first kappa shape index (κ1) is 21.4. The van der Waals surface area contributed by atoms with Crippen LogP contribution in [-0.2, 0) is 14.2 Å². The second-order valence-corrected chi connectivity index (χ2v) is 15.2. The lowest BCUT2D eigenvalue weighted by Crippen LogP contribution is -2.43. The molecule has 4 atom stereocenters. The van der Waals surface area contributed by atoms with E-state index < -0.39 is 15.9 Å². The Bertz CT molecular complexity index is 764. The van der Waals surface area contributed by atoms with Gasteiger partial charge in [0.05, 0.1) is 0 Å². The fourth-order valence-electron chi connectivity index (χ4n) is 2.84. The molecule has 0 amide bonds. The minimum absolute atomic E-state index is 0.176. The summed E-state index contributed by atoms with van der Waals surface area (Å²) >= 11 is 21.8. The number of halogens is 6. The van der Waals surface area contributed by atoms with E-state index in [2.05, 4.69) is 95.6 Å². The molecule has 9 heteroatoms. The van der Waals surface area contributed by atoms with Crippen molar-refractivity contribution in [2.75, 3.05) is 0 Å². The smallest absolute Gasteiger partial charge is 0.222 e. The zero-order valence-electron chi connectivity index (χ0n) is 13.4. The molecule has 2 aliphatic heterocycles. The summed E-state index contributed by atoms with van der Waals surface area (Å²) in [5.74, 6) is 0. The van der Waals surface area contributed by atoms with E-state index in [1.807, 2.05) is 60.7 Å². The molecule has 2 heterocycles. The Labute approximate surface area is 207 Å². The minimum atomic E-state index is -1.05. The molecular weight excluding hydrogens is 744 g/mol. The number of benzene rings is 2. The molecule has 0 spiro atoms. The summed E-state index contributed by atoms with van der Waals surface area (Å²) in [6.45, 7) is 0. The molecule has 0 saturated carbocycles. The molecule has 27 heavy (non-hydrogen) atoms. The van der Waals surface area contributed by atoms with E-state index in [-0.39, 0.29) is 12.2 Å². The van der Waals surface area contributed by atoms with Crippen molar-refractivity contribution in [2.24, 2.45) is 0 Å². The van der Waals surface area contributed by atoms with E-state index in [4.69, 9.17) is 14.2 Å². The number of rotatable bonds is 6. The lowest BCUT2D eigenvalue weighted by Gasteiger charge is -2.34. The fraction of sp³-hybridized carbons (Fsp3) is 0.333. The van der Waals surface area contributed by atoms with Crippen molar-refractivity contribution in [3.63, 3.8) is 0 Å². The second-order valence-electron chi connectivity index (χ2n) is 6.24. The third-order valence-electron chi connectivity index (χ3n) is 4.39. The van der Waals surface area contributed by atoms with E-state index in [0.29, 0.717) is 0 Å². The van der Waals surface area contributed by atoms with E-state index in [9.17, 15) is 0 Å². The Hall–Kier alpha value is 1.20. The van der Waals surface area contributed by atoms with Crippen LogP contribution in [0.4, 0.5) is 0 Å². The van der Waals surface area contributed by atoms with Crippen molar-refractivity contribution in [2.45, 2.75) is 28.1 Å². The summed E-state index contributed by atoms with van der Waals surface area (Å²) in [6, 6.07) is 19.9. The standard InChI is InChI=1S/C18H12Br6O3/c19-15(13(25-15)11-7-3-1-4-8-11)17(21,22)27-18(23,24)16(20)14(26-16)12-9-5-2-6-10-12/h1-10,13-14H. The van der Waals surface area contributed by atoms with Crippen molar-refractivity contribution in [1.29, 1.82) is 0 Å². The average Bonchev–Trinajstić information content (AvgIpc) is 3.52. The number of alkyl halides is 6. The molecule has 4 rings (SSSR count). The lowest BCUT2D eigenvalue weighted by molar-refractivity contribution is 0.0222. The maximum Gasteiger partial charge on any atom is 0.222 e. The summed E-state index contributed by atoms with van der Waals surface area (Å²) in [7, 11) is 0. The largest absolute Gasteiger partial charge is 0.343 e. The molecule has 2 fully saturated rings. The first-order valence-corrected chi connectivity index (χ1v) is 12.7. The highest BCUT2D eigenvalue weighted by molar-refractivity contribution is 9.27. The van der Waals surface area contributed by atoms with Crippen molar-refractivity contribution >= 4 is 95.6 Å². The predicted molar refractivity (Wildman–Crippen MR) is 126 cm³/mol. The Morgan fingerprint density at radius 3 is 1.33 bits per heavy atom. The summed E-state index contributed by atoms with van der Waals surface area (Å²) in [4.78, 5) is 0. The number of ether oxygens (including phenoxy) is 3. The van der Waals surface area contributed by atoms with Crippen LogP contribution in [0.1, 0.15) is 23.3 Å². The van der Waals surface area contributed by atoms with Crippen LogP contribution in [0.25, 0.3) is 0 Å². The van der Waals surface area contributed by atoms with Crippen LogP contribution in [-0.4, -0.2) is 15.9 Å². The Kier molecular flexibility index (Phi) is 5.88. The molecule has 2 aromatic carbocycles. The van der Waals surface area contributed by atoms with E-state index in [0.717, 1.165) is 11.1 Å². The number of epoxide rings is 2. The number of hydrogen-bond donors (Lipinski definition) is 0. The van der Waals surface area contributed by atoms with Gasteiger partial charge in [0.25, 0.3) is 0 Å². The van der Waals surface area contributed by atoms with Crippen LogP contribution in [0, 0.1) is 0 Å². The molecule has 0 radical (unpaired) electrons. The molecule has 2 aliphatic rings. The molecule has 2 aromatic rings. The van der Waals surface area contributed by atoms with Crippen molar-refractivity contribution in [3.05, 3.63) is 71.8 Å². The van der Waals surface area contributed by atoms with Gasteiger partial charge in [-0.15, -0.1) is 0 Å². The molecule has 4 unspecified atom stereocenters. The third kappa shape index (κ3) is 3.83. The van der Waals surface area contributed by atoms with Gasteiger partial charge in [-0.05, 0) is 107 Å². The molecule has 0 aliphatic carbocycles. The van der Waals surface area contributed by atoms with Crippen LogP contribution in [0.15, 0.2) is 60.7 Å². The molecule has 0 aromatic heterocycles. The average molecular weight is 756 g/mol. The van der Waals surface area contributed by atoms with Crippen molar-refractivity contribution in [3.8, 4) is 0 Å². The Balaban J connectivity index is 1.51. The van der Waals surface area contributed by atoms with Gasteiger partial charge < -0.3 is 14.2 Å². The van der Waals surface area contributed by atoms with Crippen molar-refractivity contribution in [1.82, 2.24) is 0 Å². The van der Waals surface area contributed by atoms with Gasteiger partial charge in [0.1, 0.15) is 12.2 Å². The summed E-state index contributed by atoms with van der Waals surface area (Å²) in [5.41, 5.74) is 2.10. The molecule has 2 saturated heterocycles. The first-order chi connectivity index (χ1) is 12.6. The molecular formula is C18H12Br6O3. The van der Waals surface area contributed by atoms with Gasteiger partial charge >= 0.3 is 0 Å². The first-order valence-electron chi connectivity index (χ1n) is 7.90. The fourth-order valence-corrected chi connectivity index (χ4v) is 6.95.